The first-order chi connectivity index (χ1) is 9.65. The molecule has 0 aliphatic heterocycles. The van der Waals surface area contributed by atoms with E-state index in [1.54, 1.807) is 11.8 Å². The van der Waals surface area contributed by atoms with Crippen molar-refractivity contribution in [2.24, 2.45) is 0 Å². The highest BCUT2D eigenvalue weighted by Gasteiger charge is 2.19. The zero-order valence-electron chi connectivity index (χ0n) is 11.9. The van der Waals surface area contributed by atoms with Gasteiger partial charge in [0.1, 0.15) is 0 Å². The quantitative estimate of drug-likeness (QED) is 0.647. The second kappa shape index (κ2) is 7.94. The topological polar surface area (TPSA) is 29.1 Å². The fourth-order valence-electron chi connectivity index (χ4n) is 2.51. The summed E-state index contributed by atoms with van der Waals surface area (Å²) in [5, 5.41) is 3.86. The molecule has 1 aromatic rings. The maximum Gasteiger partial charge on any atom is 0.233 e. The highest BCUT2D eigenvalue weighted by atomic mass is 35.5. The molecule has 2 rings (SSSR count). The fraction of sp³-hybridized carbons (Fsp3) is 0.562. The average molecular weight is 312 g/mol. The molecule has 1 amide bonds. The van der Waals surface area contributed by atoms with E-state index < -0.39 is 0 Å². The summed E-state index contributed by atoms with van der Waals surface area (Å²) in [6, 6.07) is 8.02. The molecule has 1 atom stereocenters. The second-order valence-corrected chi connectivity index (χ2v) is 7.26. The van der Waals surface area contributed by atoms with Crippen LogP contribution in [0.25, 0.3) is 0 Å². The van der Waals surface area contributed by atoms with Crippen molar-refractivity contribution in [3.05, 3.63) is 29.3 Å². The molecule has 0 spiro atoms. The van der Waals surface area contributed by atoms with Crippen LogP contribution in [0.1, 0.15) is 45.4 Å². The molecule has 1 aliphatic carbocycles. The number of rotatable bonds is 4. The Bertz CT molecular complexity index is 427. The number of nitrogens with one attached hydrogen (secondary N) is 1. The lowest BCUT2D eigenvalue weighted by Crippen LogP contribution is -2.39. The number of hydrogen-bond acceptors (Lipinski definition) is 2. The SMILES string of the molecule is C[C@H](Sc1ccc(Cl)cc1)C(=O)NC1CCCCCC1. The molecule has 0 aromatic heterocycles. The van der Waals surface area contributed by atoms with Crippen molar-refractivity contribution < 1.29 is 4.79 Å². The molecule has 20 heavy (non-hydrogen) atoms. The molecule has 1 fully saturated rings. The summed E-state index contributed by atoms with van der Waals surface area (Å²) in [6.07, 6.45) is 7.35. The van der Waals surface area contributed by atoms with E-state index in [9.17, 15) is 4.79 Å². The molecular weight excluding hydrogens is 290 g/mol. The number of halogens is 1. The fourth-order valence-corrected chi connectivity index (χ4v) is 3.52. The van der Waals surface area contributed by atoms with E-state index >= 15 is 0 Å². The van der Waals surface area contributed by atoms with Crippen LogP contribution in [-0.2, 0) is 4.79 Å². The van der Waals surface area contributed by atoms with Crippen LogP contribution >= 0.6 is 23.4 Å². The van der Waals surface area contributed by atoms with Crippen molar-refractivity contribution in [2.45, 2.75) is 61.6 Å². The molecule has 0 heterocycles. The van der Waals surface area contributed by atoms with Gasteiger partial charge in [-0.25, -0.2) is 0 Å². The molecule has 0 saturated heterocycles. The monoisotopic (exact) mass is 311 g/mol. The number of amides is 1. The zero-order valence-corrected chi connectivity index (χ0v) is 13.5. The maximum absolute atomic E-state index is 12.2. The zero-order chi connectivity index (χ0) is 14.4. The first kappa shape index (κ1) is 15.7. The van der Waals surface area contributed by atoms with Crippen LogP contribution in [0.2, 0.25) is 5.02 Å². The third kappa shape index (κ3) is 5.02. The van der Waals surface area contributed by atoms with Gasteiger partial charge >= 0.3 is 0 Å². The lowest BCUT2D eigenvalue weighted by molar-refractivity contribution is -0.121. The average Bonchev–Trinajstić information content (AvgIpc) is 2.70. The van der Waals surface area contributed by atoms with Crippen LogP contribution in [0.3, 0.4) is 0 Å². The van der Waals surface area contributed by atoms with Crippen molar-refractivity contribution in [1.82, 2.24) is 5.32 Å². The second-order valence-electron chi connectivity index (χ2n) is 5.41. The van der Waals surface area contributed by atoms with Crippen molar-refractivity contribution in [3.63, 3.8) is 0 Å². The first-order valence-electron chi connectivity index (χ1n) is 7.38. The third-order valence-corrected chi connectivity index (χ3v) is 5.06. The predicted octanol–water partition coefficient (Wildman–Crippen LogP) is 4.66. The van der Waals surface area contributed by atoms with Crippen molar-refractivity contribution >= 4 is 29.3 Å². The first-order valence-corrected chi connectivity index (χ1v) is 8.63. The highest BCUT2D eigenvalue weighted by Crippen LogP contribution is 2.25. The Hall–Kier alpha value is -0.670. The Morgan fingerprint density at radius 1 is 1.20 bits per heavy atom. The van der Waals surface area contributed by atoms with Gasteiger partial charge < -0.3 is 5.32 Å². The summed E-state index contributed by atoms with van der Waals surface area (Å²) in [6.45, 7) is 1.96. The van der Waals surface area contributed by atoms with E-state index in [1.807, 2.05) is 31.2 Å². The number of hydrogen-bond donors (Lipinski definition) is 1. The minimum absolute atomic E-state index is 0.0700. The van der Waals surface area contributed by atoms with Gasteiger partial charge in [0.25, 0.3) is 0 Å². The molecule has 110 valence electrons. The van der Waals surface area contributed by atoms with Gasteiger partial charge in [0, 0.05) is 16.0 Å². The molecule has 2 nitrogen and oxygen atoms in total. The van der Waals surface area contributed by atoms with Crippen LogP contribution < -0.4 is 5.32 Å². The maximum atomic E-state index is 12.2. The van der Waals surface area contributed by atoms with Gasteiger partial charge in [-0.05, 0) is 44.0 Å². The lowest BCUT2D eigenvalue weighted by Gasteiger charge is -2.19. The summed E-state index contributed by atoms with van der Waals surface area (Å²) >= 11 is 7.45. The van der Waals surface area contributed by atoms with Crippen LogP contribution in [0.4, 0.5) is 0 Å². The summed E-state index contributed by atoms with van der Waals surface area (Å²) in [7, 11) is 0. The van der Waals surface area contributed by atoms with Gasteiger partial charge in [-0.2, -0.15) is 0 Å². The minimum Gasteiger partial charge on any atom is -0.352 e. The largest absolute Gasteiger partial charge is 0.352 e. The Labute approximate surface area is 130 Å². The van der Waals surface area contributed by atoms with Gasteiger partial charge in [0.05, 0.1) is 5.25 Å². The molecule has 0 unspecified atom stereocenters. The number of carbonyl (C=O) groups is 1. The number of thioether (sulfide) groups is 1. The minimum atomic E-state index is -0.0700. The summed E-state index contributed by atoms with van der Waals surface area (Å²) < 4.78 is 0. The van der Waals surface area contributed by atoms with E-state index in [0.29, 0.717) is 6.04 Å². The molecule has 0 radical (unpaired) electrons. The Kier molecular flexibility index (Phi) is 6.24. The van der Waals surface area contributed by atoms with E-state index in [-0.39, 0.29) is 11.2 Å². The number of benzene rings is 1. The molecular formula is C16H22ClNOS. The summed E-state index contributed by atoms with van der Waals surface area (Å²) in [5.74, 6) is 0.150. The molecule has 1 saturated carbocycles. The van der Waals surface area contributed by atoms with Crippen LogP contribution in [-0.4, -0.2) is 17.2 Å². The summed E-state index contributed by atoms with van der Waals surface area (Å²) in [5.41, 5.74) is 0. The molecule has 0 bridgehead atoms. The Morgan fingerprint density at radius 3 is 2.40 bits per heavy atom. The normalized spacial score (nSPS) is 18.3. The smallest absolute Gasteiger partial charge is 0.233 e. The van der Waals surface area contributed by atoms with Gasteiger partial charge in [-0.15, -0.1) is 11.8 Å². The predicted molar refractivity (Wildman–Crippen MR) is 86.4 cm³/mol. The van der Waals surface area contributed by atoms with Gasteiger partial charge in [-0.3, -0.25) is 4.79 Å². The van der Waals surface area contributed by atoms with E-state index in [1.165, 1.54) is 25.7 Å². The lowest BCUT2D eigenvalue weighted by atomic mass is 10.1. The Balaban J connectivity index is 1.83. The van der Waals surface area contributed by atoms with E-state index in [2.05, 4.69) is 5.32 Å². The van der Waals surface area contributed by atoms with Gasteiger partial charge in [0.2, 0.25) is 5.91 Å². The van der Waals surface area contributed by atoms with Crippen molar-refractivity contribution in [2.75, 3.05) is 0 Å². The highest BCUT2D eigenvalue weighted by molar-refractivity contribution is 8.00. The van der Waals surface area contributed by atoms with Crippen LogP contribution in [0, 0.1) is 0 Å². The van der Waals surface area contributed by atoms with Crippen LogP contribution in [0.5, 0.6) is 0 Å². The van der Waals surface area contributed by atoms with Crippen LogP contribution in [0.15, 0.2) is 29.2 Å². The molecule has 1 N–H and O–H groups in total. The van der Waals surface area contributed by atoms with E-state index in [4.69, 9.17) is 11.6 Å². The van der Waals surface area contributed by atoms with Crippen molar-refractivity contribution in [1.29, 1.82) is 0 Å². The standard InChI is InChI=1S/C16H22ClNOS/c1-12(20-15-10-8-13(17)9-11-15)16(19)18-14-6-4-2-3-5-7-14/h8-12,14H,2-7H2,1H3,(H,18,19)/t12-/m0/s1. The number of carbonyl (C=O) groups excluding carboxylic acids is 1. The summed E-state index contributed by atoms with van der Waals surface area (Å²) in [4.78, 5) is 13.3. The van der Waals surface area contributed by atoms with Gasteiger partial charge in [-0.1, -0.05) is 37.3 Å². The van der Waals surface area contributed by atoms with E-state index in [0.717, 1.165) is 22.8 Å². The Morgan fingerprint density at radius 2 is 1.80 bits per heavy atom. The molecule has 1 aliphatic rings. The molecule has 1 aromatic carbocycles. The third-order valence-electron chi connectivity index (χ3n) is 3.70. The molecule has 4 heteroatoms. The van der Waals surface area contributed by atoms with Gasteiger partial charge in [0.15, 0.2) is 0 Å². The van der Waals surface area contributed by atoms with Crippen molar-refractivity contribution in [3.8, 4) is 0 Å².